The van der Waals surface area contributed by atoms with Crippen molar-refractivity contribution in [3.63, 3.8) is 0 Å². The van der Waals surface area contributed by atoms with Gasteiger partial charge in [0.1, 0.15) is 35.1 Å². The molecule has 14 nitrogen and oxygen atoms in total. The number of aryl methyl sites for hydroxylation is 1. The Hall–Kier alpha value is -4.68. The van der Waals surface area contributed by atoms with Gasteiger partial charge in [-0.15, -0.1) is 0 Å². The topological polar surface area (TPSA) is 182 Å². The average molecular weight is 880 g/mol. The van der Waals surface area contributed by atoms with Crippen LogP contribution in [-0.2, 0) is 35.6 Å². The van der Waals surface area contributed by atoms with Crippen molar-refractivity contribution in [1.82, 2.24) is 25.2 Å². The zero-order valence-electron chi connectivity index (χ0n) is 34.6. The number of alkyl halides is 4. The van der Waals surface area contributed by atoms with E-state index in [0.717, 1.165) is 23.8 Å². The van der Waals surface area contributed by atoms with Crippen molar-refractivity contribution >= 4 is 44.6 Å². The molecule has 61 heavy (non-hydrogen) atoms. The minimum absolute atomic E-state index is 0.0172. The highest BCUT2D eigenvalue weighted by Crippen LogP contribution is 2.48. The van der Waals surface area contributed by atoms with Crippen LogP contribution in [0, 0.1) is 17.8 Å². The van der Waals surface area contributed by atoms with E-state index in [0.29, 0.717) is 57.4 Å². The number of aromatic nitrogens is 1. The summed E-state index contributed by atoms with van der Waals surface area (Å²) in [4.78, 5) is 62.8. The number of halogens is 4. The molecular formula is C42H53F4N5O9S. The van der Waals surface area contributed by atoms with Crippen molar-refractivity contribution in [2.75, 3.05) is 19.8 Å². The molecule has 334 valence electrons. The van der Waals surface area contributed by atoms with Gasteiger partial charge >= 0.3 is 12.3 Å². The van der Waals surface area contributed by atoms with Gasteiger partial charge in [0.2, 0.25) is 39.2 Å². The lowest BCUT2D eigenvalue weighted by molar-refractivity contribution is -0.244. The number of nitrogens with one attached hydrogen (secondary N) is 3. The number of carbonyl (C=O) groups excluding carboxylic acids is 4. The van der Waals surface area contributed by atoms with Gasteiger partial charge in [-0.3, -0.25) is 19.1 Å². The van der Waals surface area contributed by atoms with Crippen LogP contribution in [0.3, 0.4) is 0 Å². The van der Waals surface area contributed by atoms with Crippen molar-refractivity contribution in [2.24, 2.45) is 17.8 Å². The van der Waals surface area contributed by atoms with E-state index in [2.05, 4.69) is 15.6 Å². The third-order valence-electron chi connectivity index (χ3n) is 13.0. The second-order valence-electron chi connectivity index (χ2n) is 17.7. The van der Waals surface area contributed by atoms with Gasteiger partial charge in [0.05, 0.1) is 13.2 Å². The highest BCUT2D eigenvalue weighted by molar-refractivity contribution is 7.91. The molecule has 0 bridgehead atoms. The highest BCUT2D eigenvalue weighted by atomic mass is 32.2. The largest absolute Gasteiger partial charge is 0.477 e. The quantitative estimate of drug-likeness (QED) is 0.213. The van der Waals surface area contributed by atoms with Crippen LogP contribution < -0.4 is 24.8 Å². The van der Waals surface area contributed by atoms with Crippen LogP contribution in [0.25, 0.3) is 10.8 Å². The van der Waals surface area contributed by atoms with Gasteiger partial charge in [0, 0.05) is 23.3 Å². The number of alkyl carbamates (subject to hydrolysis) is 1. The summed E-state index contributed by atoms with van der Waals surface area (Å²) in [7, 11) is -4.47. The molecule has 3 fully saturated rings. The summed E-state index contributed by atoms with van der Waals surface area (Å²) in [6, 6.07) is 4.59. The predicted molar refractivity (Wildman–Crippen MR) is 214 cm³/mol. The predicted octanol–water partition coefficient (Wildman–Crippen LogP) is 5.57. The molecule has 4 amide bonds. The van der Waals surface area contributed by atoms with Gasteiger partial charge in [-0.1, -0.05) is 50.6 Å². The number of nitrogens with zero attached hydrogens (tertiary/aromatic N) is 2. The fraction of sp³-hybridized carbons (Fsp3) is 0.643. The monoisotopic (exact) mass is 879 g/mol. The Kier molecular flexibility index (Phi) is 12.0. The maximum atomic E-state index is 15.0. The van der Waals surface area contributed by atoms with Crippen molar-refractivity contribution in [3.05, 3.63) is 42.0 Å². The van der Waals surface area contributed by atoms with E-state index in [9.17, 15) is 45.2 Å². The summed E-state index contributed by atoms with van der Waals surface area (Å²) in [6.45, 7) is 4.12. The number of allylic oxidation sites excluding steroid dienone is 1. The first-order chi connectivity index (χ1) is 28.7. The molecule has 4 heterocycles. The first-order valence-electron chi connectivity index (χ1n) is 20.9. The number of ether oxygens (including phenoxy) is 3. The summed E-state index contributed by atoms with van der Waals surface area (Å²) < 4.78 is 99.5. The Labute approximate surface area is 351 Å². The zero-order valence-corrected chi connectivity index (χ0v) is 35.4. The molecule has 0 unspecified atom stereocenters. The standard InChI is InChI=1S/C42H53F4N5O9S/c1-5-25-19-24(2)11-6-7-12-26-21-41(26,37(54)50-61(56,57)40(23-43)16-17-40)49-33(52)31-20-27(22-51(31)36(53)32(25)47-38(55)60-39(3,4)42(44,45)46)59-35-30-14-9-8-13-28(30)29-15-10-18-58-34(29)48-35/h7-9,12-14,24-27,31-32H,5-6,10-11,15-23H2,1-4H3,(H,47,55)(H,49,52)(H,50,54)/b12-7-/t24-,25+,26+,27+,31-,32-,41+/m0/s1. The van der Waals surface area contributed by atoms with Crippen molar-refractivity contribution in [3.8, 4) is 11.8 Å². The van der Waals surface area contributed by atoms with E-state index < -0.39 is 92.6 Å². The number of hydrogen-bond acceptors (Lipinski definition) is 10. The zero-order chi connectivity index (χ0) is 44.1. The Bertz CT molecular complexity index is 2200. The van der Waals surface area contributed by atoms with Gasteiger partial charge in [-0.2, -0.15) is 18.2 Å². The van der Waals surface area contributed by atoms with Crippen LogP contribution in [0.1, 0.15) is 91.0 Å². The molecule has 0 radical (unpaired) electrons. The van der Waals surface area contributed by atoms with Crippen molar-refractivity contribution < 1.29 is 59.4 Å². The lowest BCUT2D eigenvalue weighted by Crippen LogP contribution is -2.60. The number of rotatable bonds is 9. The number of fused-ring (bicyclic) bond motifs is 5. The molecule has 3 N–H and O–H groups in total. The van der Waals surface area contributed by atoms with E-state index in [4.69, 9.17) is 14.2 Å². The molecule has 1 saturated heterocycles. The lowest BCUT2D eigenvalue weighted by atomic mass is 9.85. The molecule has 2 saturated carbocycles. The number of pyridine rings is 1. The van der Waals surface area contributed by atoms with Crippen molar-refractivity contribution in [1.29, 1.82) is 0 Å². The minimum Gasteiger partial charge on any atom is -0.477 e. The molecule has 2 aromatic rings. The number of sulfonamides is 1. The first-order valence-corrected chi connectivity index (χ1v) is 22.4. The fourth-order valence-electron chi connectivity index (χ4n) is 8.71. The Morgan fingerprint density at radius 2 is 1.84 bits per heavy atom. The van der Waals surface area contributed by atoms with E-state index in [1.807, 2.05) is 42.0 Å². The highest BCUT2D eigenvalue weighted by Gasteiger charge is 2.64. The fourth-order valence-corrected chi connectivity index (χ4v) is 10.1. The minimum atomic E-state index is -4.93. The summed E-state index contributed by atoms with van der Waals surface area (Å²) >= 11 is 0. The lowest BCUT2D eigenvalue weighted by Gasteiger charge is -2.35. The molecule has 2 aliphatic carbocycles. The van der Waals surface area contributed by atoms with E-state index >= 15 is 0 Å². The molecule has 0 spiro atoms. The summed E-state index contributed by atoms with van der Waals surface area (Å²) in [5.41, 5.74) is -3.76. The van der Waals surface area contributed by atoms with Gasteiger partial charge < -0.3 is 29.7 Å². The van der Waals surface area contributed by atoms with E-state index in [-0.39, 0.29) is 44.0 Å². The van der Waals surface area contributed by atoms with Crippen LogP contribution in [0.2, 0.25) is 0 Å². The van der Waals surface area contributed by atoms with Gasteiger partial charge in [-0.25, -0.2) is 17.6 Å². The average Bonchev–Trinajstić information content (AvgIpc) is 4.11. The van der Waals surface area contributed by atoms with Gasteiger partial charge in [-0.05, 0) is 88.5 Å². The van der Waals surface area contributed by atoms with Crippen LogP contribution in [-0.4, -0.2) is 102 Å². The molecule has 7 atom stereocenters. The van der Waals surface area contributed by atoms with Crippen LogP contribution in [0.5, 0.6) is 11.8 Å². The summed E-state index contributed by atoms with van der Waals surface area (Å²) in [5, 5.41) is 6.69. The van der Waals surface area contributed by atoms with Gasteiger partial charge in [0.15, 0.2) is 0 Å². The number of benzene rings is 1. The van der Waals surface area contributed by atoms with Crippen LogP contribution in [0.4, 0.5) is 22.4 Å². The van der Waals surface area contributed by atoms with Crippen LogP contribution >= 0.6 is 0 Å². The molecule has 1 aromatic heterocycles. The third-order valence-corrected chi connectivity index (χ3v) is 15.1. The third kappa shape index (κ3) is 8.72. The number of hydrogen-bond donors (Lipinski definition) is 3. The molecule has 1 aromatic carbocycles. The summed E-state index contributed by atoms with van der Waals surface area (Å²) in [6.07, 6.45) is -0.556. The molecule has 7 rings (SSSR count). The molecule has 5 aliphatic rings. The maximum absolute atomic E-state index is 15.0. The second kappa shape index (κ2) is 16.5. The smallest absolute Gasteiger partial charge is 0.427 e. The summed E-state index contributed by atoms with van der Waals surface area (Å²) in [5.74, 6) is -3.42. The Balaban J connectivity index is 1.25. The number of carbonyl (C=O) groups is 4. The normalized spacial score (nSPS) is 29.6. The Morgan fingerprint density at radius 1 is 1.11 bits per heavy atom. The second-order valence-corrected chi connectivity index (χ2v) is 19.8. The van der Waals surface area contributed by atoms with Crippen molar-refractivity contribution in [2.45, 2.75) is 132 Å². The number of amides is 4. The maximum Gasteiger partial charge on any atom is 0.427 e. The first kappa shape index (κ1) is 44.4. The SMILES string of the molecule is CC[C@@H]1C[C@@H](C)CC/C=C\[C@@H]2C[C@@]2(C(=O)NS(=O)(=O)C2(CF)CC2)NC(=O)[C@@H]2C[C@@H](Oc3nc4c(c5ccccc35)CCCO4)CN2C(=O)[C@H]1NC(=O)OC(C)(C)C(F)(F)F. The van der Waals surface area contributed by atoms with E-state index in [1.165, 1.54) is 4.90 Å². The molecule has 19 heteroatoms. The molecular weight excluding hydrogens is 827 g/mol. The van der Waals surface area contributed by atoms with E-state index in [1.54, 1.807) is 13.0 Å². The van der Waals surface area contributed by atoms with Crippen LogP contribution in [0.15, 0.2) is 36.4 Å². The van der Waals surface area contributed by atoms with Gasteiger partial charge in [0.25, 0.3) is 5.91 Å². The Morgan fingerprint density at radius 3 is 2.51 bits per heavy atom. The molecule has 3 aliphatic heterocycles.